The Morgan fingerprint density at radius 2 is 1.18 bits per heavy atom. The van der Waals surface area contributed by atoms with Crippen LogP contribution >= 0.6 is 0 Å². The first-order chi connectivity index (χ1) is 8.08. The molecule has 1 aliphatic rings. The second-order valence-corrected chi connectivity index (χ2v) is 3.60. The number of esters is 3. The summed E-state index contributed by atoms with van der Waals surface area (Å²) >= 11 is 0. The quantitative estimate of drug-likeness (QED) is 0.506. The Morgan fingerprint density at radius 3 is 1.47 bits per heavy atom. The maximum Gasteiger partial charge on any atom is 0.310 e. The topological polar surface area (TPSA) is 78.9 Å². The van der Waals surface area contributed by atoms with Crippen molar-refractivity contribution in [2.24, 2.45) is 17.8 Å². The summed E-state index contributed by atoms with van der Waals surface area (Å²) in [7, 11) is 1.21. The molecule has 2 atom stereocenters. The summed E-state index contributed by atoms with van der Waals surface area (Å²) in [5.41, 5.74) is 0. The van der Waals surface area contributed by atoms with E-state index in [0.29, 0.717) is 0 Å². The molecule has 0 radical (unpaired) electrons. The van der Waals surface area contributed by atoms with E-state index in [-0.39, 0.29) is 13.2 Å². The van der Waals surface area contributed by atoms with E-state index in [1.54, 1.807) is 13.8 Å². The molecule has 0 aromatic heterocycles. The van der Waals surface area contributed by atoms with Crippen LogP contribution in [0.1, 0.15) is 13.8 Å². The van der Waals surface area contributed by atoms with Crippen LogP contribution in [0.4, 0.5) is 0 Å². The lowest BCUT2D eigenvalue weighted by Gasteiger charge is -2.00. The maximum atomic E-state index is 11.5. The van der Waals surface area contributed by atoms with Gasteiger partial charge in [0.25, 0.3) is 0 Å². The van der Waals surface area contributed by atoms with Crippen LogP contribution in [-0.2, 0) is 28.6 Å². The molecule has 0 amide bonds. The Balaban J connectivity index is 2.71. The van der Waals surface area contributed by atoms with Crippen molar-refractivity contribution >= 4 is 17.9 Å². The van der Waals surface area contributed by atoms with E-state index in [9.17, 15) is 14.4 Å². The smallest absolute Gasteiger partial charge is 0.310 e. The van der Waals surface area contributed by atoms with Gasteiger partial charge < -0.3 is 14.2 Å². The molecule has 0 spiro atoms. The first-order valence-corrected chi connectivity index (χ1v) is 5.49. The minimum absolute atomic E-state index is 0.207. The van der Waals surface area contributed by atoms with Crippen LogP contribution in [0.25, 0.3) is 0 Å². The van der Waals surface area contributed by atoms with Crippen molar-refractivity contribution in [3.63, 3.8) is 0 Å². The Kier molecular flexibility index (Phi) is 4.48. The largest absolute Gasteiger partial charge is 0.469 e. The molecule has 2 unspecified atom stereocenters. The molecule has 1 rings (SSSR count). The van der Waals surface area contributed by atoms with Gasteiger partial charge in [-0.2, -0.15) is 0 Å². The van der Waals surface area contributed by atoms with Crippen LogP contribution in [0.3, 0.4) is 0 Å². The van der Waals surface area contributed by atoms with E-state index in [4.69, 9.17) is 9.47 Å². The average Bonchev–Trinajstić information content (AvgIpc) is 3.04. The van der Waals surface area contributed by atoms with Gasteiger partial charge in [0.2, 0.25) is 0 Å². The molecule has 0 N–H and O–H groups in total. The molecule has 1 aliphatic carbocycles. The molecule has 6 heteroatoms. The fourth-order valence-corrected chi connectivity index (χ4v) is 1.80. The number of hydrogen-bond donors (Lipinski definition) is 0. The monoisotopic (exact) mass is 244 g/mol. The fourth-order valence-electron chi connectivity index (χ4n) is 1.80. The molecule has 0 aliphatic heterocycles. The van der Waals surface area contributed by atoms with Gasteiger partial charge in [-0.15, -0.1) is 0 Å². The number of methoxy groups -OCH3 is 1. The van der Waals surface area contributed by atoms with Crippen LogP contribution < -0.4 is 0 Å². The predicted octanol–water partition coefficient (Wildman–Crippen LogP) is 0.148. The lowest BCUT2D eigenvalue weighted by molar-refractivity contribution is -0.150. The van der Waals surface area contributed by atoms with E-state index < -0.39 is 35.7 Å². The average molecular weight is 244 g/mol. The highest BCUT2D eigenvalue weighted by Crippen LogP contribution is 2.48. The summed E-state index contributed by atoms with van der Waals surface area (Å²) in [6.07, 6.45) is 0. The van der Waals surface area contributed by atoms with E-state index >= 15 is 0 Å². The second kappa shape index (κ2) is 5.65. The summed E-state index contributed by atoms with van der Waals surface area (Å²) < 4.78 is 14.1. The number of hydrogen-bond acceptors (Lipinski definition) is 6. The van der Waals surface area contributed by atoms with E-state index in [1.165, 1.54) is 7.11 Å². The molecule has 6 nitrogen and oxygen atoms in total. The molecular weight excluding hydrogens is 228 g/mol. The Hall–Kier alpha value is -1.59. The first kappa shape index (κ1) is 13.5. The molecule has 96 valence electrons. The highest BCUT2D eigenvalue weighted by atomic mass is 16.5. The molecule has 0 saturated heterocycles. The van der Waals surface area contributed by atoms with Crippen LogP contribution in [0.2, 0.25) is 0 Å². The van der Waals surface area contributed by atoms with Crippen molar-refractivity contribution < 1.29 is 28.6 Å². The normalized spacial score (nSPS) is 25.9. The highest BCUT2D eigenvalue weighted by Gasteiger charge is 2.65. The highest BCUT2D eigenvalue weighted by molar-refractivity contribution is 5.97. The minimum Gasteiger partial charge on any atom is -0.469 e. The summed E-state index contributed by atoms with van der Waals surface area (Å²) in [6, 6.07) is 0. The third-order valence-corrected chi connectivity index (χ3v) is 2.61. The second-order valence-electron chi connectivity index (χ2n) is 3.60. The third kappa shape index (κ3) is 2.75. The number of ether oxygens (including phenoxy) is 3. The van der Waals surface area contributed by atoms with Crippen molar-refractivity contribution in [3.8, 4) is 0 Å². The van der Waals surface area contributed by atoms with Crippen molar-refractivity contribution in [2.45, 2.75) is 13.8 Å². The van der Waals surface area contributed by atoms with Gasteiger partial charge >= 0.3 is 17.9 Å². The number of carbonyl (C=O) groups is 3. The molecule has 17 heavy (non-hydrogen) atoms. The zero-order valence-electron chi connectivity index (χ0n) is 10.1. The molecular formula is C11H16O6. The summed E-state index contributed by atoms with van der Waals surface area (Å²) in [4.78, 5) is 34.4. The standard InChI is InChI=1S/C11H16O6/c1-4-16-10(13)7-6(9(12)15-3)8(7)11(14)17-5-2/h6-8H,4-5H2,1-3H3. The number of rotatable bonds is 5. The molecule has 0 aromatic rings. The van der Waals surface area contributed by atoms with Gasteiger partial charge in [-0.3, -0.25) is 14.4 Å². The molecule has 0 bridgehead atoms. The zero-order valence-corrected chi connectivity index (χ0v) is 10.1. The SMILES string of the molecule is CCOC(=O)C1C(C(=O)OC)C1C(=O)OCC. The summed E-state index contributed by atoms with van der Waals surface area (Å²) in [6.45, 7) is 3.73. The van der Waals surface area contributed by atoms with Gasteiger partial charge in [0.1, 0.15) is 0 Å². The third-order valence-electron chi connectivity index (χ3n) is 2.61. The summed E-state index contributed by atoms with van der Waals surface area (Å²) in [5.74, 6) is -3.98. The van der Waals surface area contributed by atoms with Gasteiger partial charge in [0, 0.05) is 0 Å². The van der Waals surface area contributed by atoms with Crippen molar-refractivity contribution in [2.75, 3.05) is 20.3 Å². The Bertz CT molecular complexity index is 300. The van der Waals surface area contributed by atoms with E-state index in [2.05, 4.69) is 4.74 Å². The predicted molar refractivity (Wildman–Crippen MR) is 55.8 cm³/mol. The van der Waals surface area contributed by atoms with Gasteiger partial charge in [0.05, 0.1) is 38.1 Å². The molecule has 1 saturated carbocycles. The fraction of sp³-hybridized carbons (Fsp3) is 0.727. The maximum absolute atomic E-state index is 11.5. The lowest BCUT2D eigenvalue weighted by atomic mass is 10.3. The van der Waals surface area contributed by atoms with E-state index in [0.717, 1.165) is 0 Å². The minimum atomic E-state index is -0.766. The van der Waals surface area contributed by atoms with Gasteiger partial charge in [0.15, 0.2) is 0 Å². The van der Waals surface area contributed by atoms with Crippen molar-refractivity contribution in [3.05, 3.63) is 0 Å². The lowest BCUT2D eigenvalue weighted by Crippen LogP contribution is -2.13. The van der Waals surface area contributed by atoms with Crippen LogP contribution in [0, 0.1) is 17.8 Å². The zero-order chi connectivity index (χ0) is 13.0. The van der Waals surface area contributed by atoms with Crippen molar-refractivity contribution in [1.29, 1.82) is 0 Å². The van der Waals surface area contributed by atoms with Crippen molar-refractivity contribution in [1.82, 2.24) is 0 Å². The molecule has 1 fully saturated rings. The van der Waals surface area contributed by atoms with Gasteiger partial charge in [-0.05, 0) is 13.8 Å². The first-order valence-electron chi connectivity index (χ1n) is 5.49. The summed E-state index contributed by atoms with van der Waals surface area (Å²) in [5, 5.41) is 0. The molecule has 0 heterocycles. The van der Waals surface area contributed by atoms with Crippen LogP contribution in [0.15, 0.2) is 0 Å². The Morgan fingerprint density at radius 1 is 0.824 bits per heavy atom. The molecule has 0 aromatic carbocycles. The van der Waals surface area contributed by atoms with Crippen LogP contribution in [-0.4, -0.2) is 38.2 Å². The van der Waals surface area contributed by atoms with Gasteiger partial charge in [-0.1, -0.05) is 0 Å². The number of carbonyl (C=O) groups excluding carboxylic acids is 3. The van der Waals surface area contributed by atoms with Crippen LogP contribution in [0.5, 0.6) is 0 Å². The van der Waals surface area contributed by atoms with E-state index in [1.807, 2.05) is 0 Å². The van der Waals surface area contributed by atoms with Gasteiger partial charge in [-0.25, -0.2) is 0 Å². The Labute approximate surface area is 99.2 Å².